The largest absolute Gasteiger partial charge is 2.00 e. The van der Waals surface area contributed by atoms with E-state index >= 15 is 0 Å². The molecule has 0 atom stereocenters. The second-order valence-corrected chi connectivity index (χ2v) is 0. The summed E-state index contributed by atoms with van der Waals surface area (Å²) in [6.45, 7) is 0. The van der Waals surface area contributed by atoms with E-state index in [0.717, 1.165) is 0 Å². The molecule has 4 heteroatoms. The van der Waals surface area contributed by atoms with Crippen molar-refractivity contribution in [1.29, 1.82) is 0 Å². The van der Waals surface area contributed by atoms with E-state index in [2.05, 4.69) is 0 Å². The Hall–Kier alpha value is 3.38. The maximum atomic E-state index is 0. The minimum atomic E-state index is 0. The fourth-order valence-electron chi connectivity index (χ4n) is 0. The third-order valence-electron chi connectivity index (χ3n) is 0. The molecule has 1 radical (unpaired) electrons. The molecule has 0 aromatic rings. The van der Waals surface area contributed by atoms with E-state index in [-0.39, 0.29) is 114 Å². The first-order valence-electron chi connectivity index (χ1n) is 0. The van der Waals surface area contributed by atoms with E-state index in [1.165, 1.54) is 0 Å². The molecule has 0 N–H and O–H groups in total. The zero-order valence-electron chi connectivity index (χ0n) is 3.77. The maximum absolute atomic E-state index is 0. The molecule has 0 aromatic heterocycles. The van der Waals surface area contributed by atoms with Gasteiger partial charge in [0, 0.05) is 39.9 Å². The molecule has 0 rings (SSSR count). The van der Waals surface area contributed by atoms with Gasteiger partial charge in [-0.05, 0) is 0 Å². The maximum Gasteiger partial charge on any atom is 2.00 e. The van der Waals surface area contributed by atoms with E-state index in [1.807, 2.05) is 0 Å². The summed E-state index contributed by atoms with van der Waals surface area (Å²) in [6.07, 6.45) is 0. The number of rotatable bonds is 0. The van der Waals surface area contributed by atoms with Gasteiger partial charge in [-0.15, -0.1) is 0 Å². The molecular weight excluding hydrogens is 374 g/mol. The van der Waals surface area contributed by atoms with Gasteiger partial charge >= 0.3 is 65.9 Å². The van der Waals surface area contributed by atoms with Crippen molar-refractivity contribution in [2.75, 3.05) is 0 Å². The number of hydrogen-bond acceptors (Lipinski definition) is 0. The predicted octanol–water partition coefficient (Wildman–Crippen LogP) is -0.277. The van der Waals surface area contributed by atoms with Crippen LogP contribution in [0.2, 0.25) is 0 Å². The summed E-state index contributed by atoms with van der Waals surface area (Å²) in [5.41, 5.74) is 0. The standard InChI is InChI=1S/Ba.Cu.Gd.O.2H/q2*+2;;-2;2*-1. The van der Waals surface area contributed by atoms with Crippen molar-refractivity contribution in [2.24, 2.45) is 0 Å². The number of hydrogen-bond donors (Lipinski definition) is 0. The van der Waals surface area contributed by atoms with Gasteiger partial charge in [0.25, 0.3) is 0 Å². The van der Waals surface area contributed by atoms with Gasteiger partial charge in [-0.25, -0.2) is 0 Å². The Morgan fingerprint density at radius 1 is 1.25 bits per heavy atom. The van der Waals surface area contributed by atoms with Crippen molar-refractivity contribution in [3.05, 3.63) is 0 Å². The summed E-state index contributed by atoms with van der Waals surface area (Å²) in [4.78, 5) is 0. The summed E-state index contributed by atoms with van der Waals surface area (Å²) in [5, 5.41) is 0. The van der Waals surface area contributed by atoms with Crippen molar-refractivity contribution >= 4 is 48.9 Å². The SMILES string of the molecule is [Ba+2].[Cu+2].[Gd].[H-].[H-].[O-2]. The minimum Gasteiger partial charge on any atom is -2.00 e. The molecule has 0 aromatic carbocycles. The van der Waals surface area contributed by atoms with Gasteiger partial charge in [0.15, 0.2) is 0 Å². The Kier molecular flexibility index (Phi) is 106. The van der Waals surface area contributed by atoms with Crippen LogP contribution >= 0.6 is 0 Å². The van der Waals surface area contributed by atoms with Gasteiger partial charge in [-0.2, -0.15) is 0 Å². The summed E-state index contributed by atoms with van der Waals surface area (Å²) >= 11 is 0. The zero-order valence-corrected chi connectivity index (χ0v) is 9.42. The summed E-state index contributed by atoms with van der Waals surface area (Å²) in [7, 11) is 0. The topological polar surface area (TPSA) is 28.5 Å². The fourth-order valence-corrected chi connectivity index (χ4v) is 0. The molecular formula is H2BaCuGdO. The van der Waals surface area contributed by atoms with Crippen molar-refractivity contribution < 1.29 is 65.3 Å². The predicted molar refractivity (Wildman–Crippen MR) is 8.66 cm³/mol. The van der Waals surface area contributed by atoms with Crippen LogP contribution in [-0.4, -0.2) is 48.9 Å². The third kappa shape index (κ3) is 9.03. The molecule has 0 spiro atoms. The summed E-state index contributed by atoms with van der Waals surface area (Å²) in [5.74, 6) is 0. The van der Waals surface area contributed by atoms with Crippen molar-refractivity contribution in [2.45, 2.75) is 0 Å². The quantitative estimate of drug-likeness (QED) is 0.521. The second-order valence-electron chi connectivity index (χ2n) is 0. The molecule has 1 nitrogen and oxygen atoms in total. The first-order chi connectivity index (χ1) is 0. The zero-order chi connectivity index (χ0) is 0. The molecule has 4 heavy (non-hydrogen) atoms. The van der Waals surface area contributed by atoms with Crippen molar-refractivity contribution in [3.63, 3.8) is 0 Å². The van der Waals surface area contributed by atoms with Crippen molar-refractivity contribution in [1.82, 2.24) is 0 Å². The molecule has 0 aliphatic rings. The van der Waals surface area contributed by atoms with E-state index in [4.69, 9.17) is 0 Å². The van der Waals surface area contributed by atoms with Crippen molar-refractivity contribution in [3.8, 4) is 0 Å². The molecule has 29 valence electrons. The molecule has 0 amide bonds. The van der Waals surface area contributed by atoms with Gasteiger partial charge in [-0.1, -0.05) is 0 Å². The Morgan fingerprint density at radius 3 is 1.25 bits per heavy atom. The first kappa shape index (κ1) is 26.3. The molecule has 0 aliphatic carbocycles. The van der Waals surface area contributed by atoms with Crippen LogP contribution < -0.4 is 0 Å². The molecule has 0 fully saturated rings. The van der Waals surface area contributed by atoms with Crippen LogP contribution in [-0.2, 0) is 22.5 Å². The monoisotopic (exact) mass is 377 g/mol. The van der Waals surface area contributed by atoms with Gasteiger partial charge in [0.05, 0.1) is 0 Å². The van der Waals surface area contributed by atoms with Crippen LogP contribution in [0.5, 0.6) is 0 Å². The third-order valence-corrected chi connectivity index (χ3v) is 0. The molecule has 0 heterocycles. The Bertz CT molecular complexity index is 13.5. The van der Waals surface area contributed by atoms with Gasteiger partial charge < -0.3 is 8.33 Å². The van der Waals surface area contributed by atoms with E-state index < -0.39 is 0 Å². The summed E-state index contributed by atoms with van der Waals surface area (Å²) in [6, 6.07) is 0. The normalized spacial score (nSPS) is 0. The molecule has 0 bridgehead atoms. The smallest absolute Gasteiger partial charge is 2.00 e. The van der Waals surface area contributed by atoms with Crippen LogP contribution in [0.25, 0.3) is 0 Å². The van der Waals surface area contributed by atoms with E-state index in [0.29, 0.717) is 0 Å². The Balaban J connectivity index is 0. The summed E-state index contributed by atoms with van der Waals surface area (Å²) < 4.78 is 0. The van der Waals surface area contributed by atoms with Crippen LogP contribution in [0, 0.1) is 39.9 Å². The van der Waals surface area contributed by atoms with Crippen LogP contribution in [0.1, 0.15) is 2.85 Å². The van der Waals surface area contributed by atoms with Gasteiger partial charge in [-0.3, -0.25) is 0 Å². The first-order valence-corrected chi connectivity index (χ1v) is 0. The van der Waals surface area contributed by atoms with Crippen LogP contribution in [0.15, 0.2) is 0 Å². The fraction of sp³-hybridized carbons (Fsp3) is 0. The second kappa shape index (κ2) is 16.2. The van der Waals surface area contributed by atoms with Gasteiger partial charge in [0.2, 0.25) is 0 Å². The average Bonchev–Trinajstić information content (AvgIpc) is 0. The average molecular weight is 376 g/mol. The molecule has 0 aliphatic heterocycles. The molecule has 0 unspecified atom stereocenters. The minimum absolute atomic E-state index is 0. The van der Waals surface area contributed by atoms with Crippen LogP contribution in [0.4, 0.5) is 0 Å². The van der Waals surface area contributed by atoms with E-state index in [9.17, 15) is 0 Å². The van der Waals surface area contributed by atoms with Gasteiger partial charge in [0.1, 0.15) is 0 Å². The Morgan fingerprint density at radius 2 is 1.25 bits per heavy atom. The molecule has 0 saturated heterocycles. The van der Waals surface area contributed by atoms with Crippen LogP contribution in [0.3, 0.4) is 0 Å². The Labute approximate surface area is 111 Å². The van der Waals surface area contributed by atoms with E-state index in [1.54, 1.807) is 0 Å². The molecule has 0 saturated carbocycles.